The second kappa shape index (κ2) is 3.35. The molecule has 0 unspecified atom stereocenters. The van der Waals surface area contributed by atoms with Crippen molar-refractivity contribution in [1.82, 2.24) is 0 Å². The summed E-state index contributed by atoms with van der Waals surface area (Å²) in [6.45, 7) is 1.96. The molecule has 4 N–H and O–H groups in total. The number of benzene rings is 1. The van der Waals surface area contributed by atoms with E-state index >= 15 is 0 Å². The zero-order valence-electron chi connectivity index (χ0n) is 7.95. The van der Waals surface area contributed by atoms with Crippen molar-refractivity contribution in [2.75, 3.05) is 11.5 Å². The van der Waals surface area contributed by atoms with Gasteiger partial charge in [-0.3, -0.25) is 0 Å². The van der Waals surface area contributed by atoms with Gasteiger partial charge in [0.15, 0.2) is 0 Å². The van der Waals surface area contributed by atoms with Gasteiger partial charge in [0.05, 0.1) is 0 Å². The van der Waals surface area contributed by atoms with Gasteiger partial charge in [-0.15, -0.1) is 0 Å². The largest absolute Gasteiger partial charge is 0.398 e. The highest BCUT2D eigenvalue weighted by molar-refractivity contribution is 7.08. The Balaban J connectivity index is 2.60. The lowest BCUT2D eigenvalue weighted by atomic mass is 10.0. The zero-order chi connectivity index (χ0) is 10.1. The van der Waals surface area contributed by atoms with Gasteiger partial charge >= 0.3 is 0 Å². The van der Waals surface area contributed by atoms with Crippen LogP contribution >= 0.6 is 11.3 Å². The van der Waals surface area contributed by atoms with Crippen molar-refractivity contribution in [3.05, 3.63) is 34.5 Å². The van der Waals surface area contributed by atoms with E-state index in [0.717, 1.165) is 28.1 Å². The van der Waals surface area contributed by atoms with Crippen molar-refractivity contribution < 1.29 is 0 Å². The Bertz CT molecular complexity index is 447. The van der Waals surface area contributed by atoms with Crippen molar-refractivity contribution in [1.29, 1.82) is 0 Å². The molecule has 0 radical (unpaired) electrons. The summed E-state index contributed by atoms with van der Waals surface area (Å²) in [5.41, 5.74) is 16.5. The Hall–Kier alpha value is -1.48. The molecule has 72 valence electrons. The molecular formula is C11H12N2S. The molecule has 3 heteroatoms. The van der Waals surface area contributed by atoms with Crippen LogP contribution in [0.2, 0.25) is 0 Å². The van der Waals surface area contributed by atoms with E-state index in [1.165, 1.54) is 0 Å². The van der Waals surface area contributed by atoms with Crippen LogP contribution < -0.4 is 11.5 Å². The second-order valence-electron chi connectivity index (χ2n) is 3.31. The first-order valence-corrected chi connectivity index (χ1v) is 5.31. The molecule has 1 heterocycles. The molecule has 0 aliphatic heterocycles. The van der Waals surface area contributed by atoms with Crippen LogP contribution in [0.5, 0.6) is 0 Å². The molecule has 1 aromatic carbocycles. The predicted octanol–water partition coefficient (Wildman–Crippen LogP) is 2.89. The van der Waals surface area contributed by atoms with Crippen LogP contribution in [0.25, 0.3) is 11.1 Å². The van der Waals surface area contributed by atoms with Gasteiger partial charge in [-0.2, -0.15) is 11.3 Å². The molecule has 0 saturated heterocycles. The van der Waals surface area contributed by atoms with E-state index in [0.29, 0.717) is 0 Å². The Morgan fingerprint density at radius 3 is 2.57 bits per heavy atom. The molecule has 1 aromatic heterocycles. The average Bonchev–Trinajstić information content (AvgIpc) is 2.64. The van der Waals surface area contributed by atoms with Gasteiger partial charge in [0, 0.05) is 16.9 Å². The van der Waals surface area contributed by atoms with E-state index in [2.05, 4.69) is 5.38 Å². The van der Waals surface area contributed by atoms with E-state index in [1.807, 2.05) is 30.5 Å². The summed E-state index contributed by atoms with van der Waals surface area (Å²) in [6, 6.07) is 5.90. The second-order valence-corrected chi connectivity index (χ2v) is 4.09. The minimum atomic E-state index is 0.787. The highest BCUT2D eigenvalue weighted by Crippen LogP contribution is 2.31. The van der Waals surface area contributed by atoms with Gasteiger partial charge in [0.2, 0.25) is 0 Å². The van der Waals surface area contributed by atoms with Crippen molar-refractivity contribution in [3.8, 4) is 11.1 Å². The van der Waals surface area contributed by atoms with Crippen LogP contribution in [0.15, 0.2) is 29.0 Å². The first-order valence-electron chi connectivity index (χ1n) is 4.36. The molecule has 0 amide bonds. The van der Waals surface area contributed by atoms with E-state index in [4.69, 9.17) is 11.5 Å². The molecule has 14 heavy (non-hydrogen) atoms. The fourth-order valence-electron chi connectivity index (χ4n) is 1.41. The smallest absolute Gasteiger partial charge is 0.0398 e. The number of hydrogen-bond acceptors (Lipinski definition) is 3. The first-order chi connectivity index (χ1) is 6.68. The Morgan fingerprint density at radius 1 is 1.14 bits per heavy atom. The lowest BCUT2D eigenvalue weighted by Gasteiger charge is -2.07. The van der Waals surface area contributed by atoms with Gasteiger partial charge < -0.3 is 11.5 Å². The molecule has 0 bridgehead atoms. The topological polar surface area (TPSA) is 52.0 Å². The fraction of sp³-hybridized carbons (Fsp3) is 0.0909. The van der Waals surface area contributed by atoms with E-state index in [9.17, 15) is 0 Å². The van der Waals surface area contributed by atoms with E-state index in [1.54, 1.807) is 11.3 Å². The molecular weight excluding hydrogens is 192 g/mol. The average molecular weight is 204 g/mol. The standard InChI is InChI=1S/C11H12N2S/c1-7-4-11(13)9(5-10(7)12)8-2-3-14-6-8/h2-6H,12-13H2,1H3. The van der Waals surface area contributed by atoms with Crippen LogP contribution in [0.3, 0.4) is 0 Å². The minimum Gasteiger partial charge on any atom is -0.398 e. The number of nitrogens with two attached hydrogens (primary N) is 2. The summed E-state index contributed by atoms with van der Waals surface area (Å²) < 4.78 is 0. The lowest BCUT2D eigenvalue weighted by molar-refractivity contribution is 1.47. The maximum Gasteiger partial charge on any atom is 0.0398 e. The van der Waals surface area contributed by atoms with Crippen LogP contribution in [0.1, 0.15) is 5.56 Å². The number of nitrogen functional groups attached to an aromatic ring is 2. The van der Waals surface area contributed by atoms with Crippen molar-refractivity contribution in [2.45, 2.75) is 6.92 Å². The highest BCUT2D eigenvalue weighted by atomic mass is 32.1. The number of anilines is 2. The Kier molecular flexibility index (Phi) is 2.17. The number of thiophene rings is 1. The van der Waals surface area contributed by atoms with Gasteiger partial charge in [-0.25, -0.2) is 0 Å². The highest BCUT2D eigenvalue weighted by Gasteiger charge is 2.05. The minimum absolute atomic E-state index is 0.787. The summed E-state index contributed by atoms with van der Waals surface area (Å²) in [6.07, 6.45) is 0. The molecule has 0 aliphatic carbocycles. The molecule has 2 nitrogen and oxygen atoms in total. The van der Waals surface area contributed by atoms with Crippen molar-refractivity contribution in [3.63, 3.8) is 0 Å². The van der Waals surface area contributed by atoms with Crippen molar-refractivity contribution >= 4 is 22.7 Å². The molecule has 0 spiro atoms. The summed E-state index contributed by atoms with van der Waals surface area (Å²) in [4.78, 5) is 0. The summed E-state index contributed by atoms with van der Waals surface area (Å²) in [5.74, 6) is 0. The van der Waals surface area contributed by atoms with Gasteiger partial charge in [0.25, 0.3) is 0 Å². The summed E-state index contributed by atoms with van der Waals surface area (Å²) in [5, 5.41) is 4.10. The fourth-order valence-corrected chi connectivity index (χ4v) is 2.07. The summed E-state index contributed by atoms with van der Waals surface area (Å²) in [7, 11) is 0. The molecule has 0 fully saturated rings. The Morgan fingerprint density at radius 2 is 1.93 bits per heavy atom. The lowest BCUT2D eigenvalue weighted by Crippen LogP contribution is -1.95. The summed E-state index contributed by atoms with van der Waals surface area (Å²) >= 11 is 1.66. The normalized spacial score (nSPS) is 10.4. The monoisotopic (exact) mass is 204 g/mol. The van der Waals surface area contributed by atoms with E-state index in [-0.39, 0.29) is 0 Å². The molecule has 2 rings (SSSR count). The van der Waals surface area contributed by atoms with Crippen LogP contribution in [-0.4, -0.2) is 0 Å². The maximum absolute atomic E-state index is 5.93. The third-order valence-corrected chi connectivity index (χ3v) is 2.95. The molecule has 0 atom stereocenters. The van der Waals surface area contributed by atoms with Gasteiger partial charge in [-0.1, -0.05) is 0 Å². The quantitative estimate of drug-likeness (QED) is 0.702. The predicted molar refractivity (Wildman–Crippen MR) is 63.3 cm³/mol. The maximum atomic E-state index is 5.93. The first kappa shape index (κ1) is 9.09. The molecule has 0 saturated carbocycles. The molecule has 0 aliphatic rings. The van der Waals surface area contributed by atoms with Crippen LogP contribution in [0, 0.1) is 6.92 Å². The third kappa shape index (κ3) is 1.46. The number of hydrogen-bond donors (Lipinski definition) is 2. The number of aryl methyl sites for hydroxylation is 1. The van der Waals surface area contributed by atoms with Gasteiger partial charge in [-0.05, 0) is 47.0 Å². The van der Waals surface area contributed by atoms with Gasteiger partial charge in [0.1, 0.15) is 0 Å². The number of rotatable bonds is 1. The van der Waals surface area contributed by atoms with Crippen LogP contribution in [-0.2, 0) is 0 Å². The Labute approximate surface area is 87.2 Å². The third-order valence-electron chi connectivity index (χ3n) is 2.27. The van der Waals surface area contributed by atoms with Crippen LogP contribution in [0.4, 0.5) is 11.4 Å². The SMILES string of the molecule is Cc1cc(N)c(-c2ccsc2)cc1N. The zero-order valence-corrected chi connectivity index (χ0v) is 8.77. The van der Waals surface area contributed by atoms with Crippen molar-refractivity contribution in [2.24, 2.45) is 0 Å². The molecule has 2 aromatic rings. The van der Waals surface area contributed by atoms with E-state index < -0.39 is 0 Å².